The molecule has 0 unspecified atom stereocenters. The predicted molar refractivity (Wildman–Crippen MR) is 162 cm³/mol. The molecular weight excluding hydrogens is 594 g/mol. The molecule has 1 aliphatic rings. The number of benzene rings is 3. The van der Waals surface area contributed by atoms with E-state index in [2.05, 4.69) is 4.72 Å². The first-order valence-electron chi connectivity index (χ1n) is 13.7. The molecule has 0 radical (unpaired) electrons. The van der Waals surface area contributed by atoms with Crippen LogP contribution in [-0.2, 0) is 20.0 Å². The monoisotopic (exact) mass is 631 g/mol. The molecule has 3 atom stereocenters. The lowest BCUT2D eigenvalue weighted by molar-refractivity contribution is 0.0389. The molecule has 0 aliphatic carbocycles. The number of amides is 1. The number of para-hydroxylation sites is 1. The van der Waals surface area contributed by atoms with Gasteiger partial charge in [0.2, 0.25) is 10.0 Å². The number of likely N-dealkylation sites (N-methyl/N-ethyl adjacent to an activating group) is 1. The first-order valence-corrected chi connectivity index (χ1v) is 16.6. The van der Waals surface area contributed by atoms with Crippen molar-refractivity contribution in [3.8, 4) is 11.5 Å². The third kappa shape index (κ3) is 6.96. The number of hydrogen-bond donors (Lipinski definition) is 2. The van der Waals surface area contributed by atoms with E-state index in [1.54, 1.807) is 31.2 Å². The normalized spacial score (nSPS) is 18.3. The second-order valence-electron chi connectivity index (χ2n) is 10.7. The van der Waals surface area contributed by atoms with Gasteiger partial charge in [-0.05, 0) is 62.4 Å². The minimum absolute atomic E-state index is 0.0230. The Kier molecular flexibility index (Phi) is 9.70. The van der Waals surface area contributed by atoms with Crippen LogP contribution in [-0.4, -0.2) is 83.1 Å². The highest BCUT2D eigenvalue weighted by atomic mass is 32.2. The zero-order valence-corrected chi connectivity index (χ0v) is 26.4. The molecule has 1 amide bonds. The van der Waals surface area contributed by atoms with Crippen molar-refractivity contribution in [2.24, 2.45) is 5.92 Å². The lowest BCUT2D eigenvalue weighted by Gasteiger charge is -2.38. The summed E-state index contributed by atoms with van der Waals surface area (Å²) >= 11 is 0. The number of aliphatic hydroxyl groups is 1. The van der Waals surface area contributed by atoms with Crippen LogP contribution in [0.4, 0.5) is 5.69 Å². The molecule has 0 fully saturated rings. The van der Waals surface area contributed by atoms with Gasteiger partial charge in [-0.25, -0.2) is 16.8 Å². The van der Waals surface area contributed by atoms with E-state index in [4.69, 9.17) is 9.47 Å². The molecule has 0 aromatic heterocycles. The molecule has 3 aromatic rings. The Labute approximate surface area is 253 Å². The van der Waals surface area contributed by atoms with Crippen molar-refractivity contribution in [3.05, 3.63) is 77.9 Å². The number of hydrogen-bond acceptors (Lipinski definition) is 8. The first-order chi connectivity index (χ1) is 20.3. The number of carbonyl (C=O) groups excluding carboxylic acids is 1. The molecule has 0 saturated heterocycles. The Morgan fingerprint density at radius 3 is 2.28 bits per heavy atom. The van der Waals surface area contributed by atoms with Crippen molar-refractivity contribution in [3.63, 3.8) is 0 Å². The van der Waals surface area contributed by atoms with Crippen molar-refractivity contribution in [1.29, 1.82) is 0 Å². The summed E-state index contributed by atoms with van der Waals surface area (Å²) in [6, 6.07) is 16.3. The van der Waals surface area contributed by atoms with Crippen LogP contribution in [0, 0.1) is 12.8 Å². The zero-order chi connectivity index (χ0) is 31.5. The van der Waals surface area contributed by atoms with E-state index in [1.165, 1.54) is 61.5 Å². The van der Waals surface area contributed by atoms with Gasteiger partial charge in [-0.3, -0.25) is 9.52 Å². The molecule has 1 aliphatic heterocycles. The Morgan fingerprint density at radius 2 is 1.67 bits per heavy atom. The number of nitrogens with one attached hydrogen (secondary N) is 1. The van der Waals surface area contributed by atoms with E-state index in [0.29, 0.717) is 5.75 Å². The van der Waals surface area contributed by atoms with E-state index < -0.39 is 44.0 Å². The van der Waals surface area contributed by atoms with Crippen LogP contribution in [0.5, 0.6) is 11.5 Å². The van der Waals surface area contributed by atoms with Gasteiger partial charge >= 0.3 is 0 Å². The van der Waals surface area contributed by atoms with Crippen molar-refractivity contribution in [2.45, 2.75) is 42.7 Å². The van der Waals surface area contributed by atoms with Gasteiger partial charge in [0, 0.05) is 19.5 Å². The highest BCUT2D eigenvalue weighted by Crippen LogP contribution is 2.36. The Hall–Kier alpha value is -3.65. The van der Waals surface area contributed by atoms with Crippen molar-refractivity contribution < 1.29 is 36.2 Å². The molecule has 2 N–H and O–H groups in total. The molecule has 0 saturated carbocycles. The number of nitrogens with zero attached hydrogens (tertiary/aromatic N) is 2. The quantitative estimate of drug-likeness (QED) is 0.347. The van der Waals surface area contributed by atoms with E-state index >= 15 is 0 Å². The van der Waals surface area contributed by atoms with Crippen molar-refractivity contribution in [2.75, 3.05) is 38.6 Å². The summed E-state index contributed by atoms with van der Waals surface area (Å²) < 4.78 is 68.8. The van der Waals surface area contributed by atoms with Crippen LogP contribution >= 0.6 is 0 Å². The van der Waals surface area contributed by atoms with Gasteiger partial charge in [0.25, 0.3) is 15.9 Å². The summed E-state index contributed by atoms with van der Waals surface area (Å²) in [5.41, 5.74) is 1.01. The number of ether oxygens (including phenoxy) is 2. The van der Waals surface area contributed by atoms with Crippen LogP contribution < -0.4 is 14.2 Å². The van der Waals surface area contributed by atoms with E-state index in [9.17, 15) is 26.7 Å². The summed E-state index contributed by atoms with van der Waals surface area (Å²) in [5, 5.41) is 9.92. The number of methoxy groups -OCH3 is 1. The molecule has 43 heavy (non-hydrogen) atoms. The van der Waals surface area contributed by atoms with Gasteiger partial charge in [0.15, 0.2) is 5.75 Å². The maximum absolute atomic E-state index is 13.7. The van der Waals surface area contributed by atoms with Gasteiger partial charge in [-0.2, -0.15) is 4.31 Å². The largest absolute Gasteiger partial charge is 0.497 e. The Bertz CT molecular complexity index is 1660. The van der Waals surface area contributed by atoms with Gasteiger partial charge < -0.3 is 19.5 Å². The fraction of sp³-hybridized carbons (Fsp3) is 0.367. The van der Waals surface area contributed by atoms with Crippen molar-refractivity contribution >= 4 is 31.6 Å². The average molecular weight is 632 g/mol. The number of aliphatic hydroxyl groups excluding tert-OH is 1. The molecule has 3 aromatic carbocycles. The maximum Gasteiger partial charge on any atom is 0.262 e. The SMILES string of the molecule is COc1ccc(S(=O)(=O)N(C)C[C@@H]2Oc3c(NS(=O)(=O)c4ccc(C)cc4)cccc3C(=O)N([C@@H](C)CO)C[C@@H]2C)cc1. The minimum Gasteiger partial charge on any atom is -0.497 e. The summed E-state index contributed by atoms with van der Waals surface area (Å²) in [6.07, 6.45) is -0.803. The molecule has 232 valence electrons. The van der Waals surface area contributed by atoms with Crippen LogP contribution in [0.25, 0.3) is 0 Å². The standard InChI is InChI=1S/C30H37N3O8S2/c1-20-9-13-24(14-10-20)42(36,37)31-27-8-6-7-26-29(27)41-28(21(2)17-33(30(26)35)22(3)19-34)18-32(4)43(38,39)25-15-11-23(40-5)12-16-25/h6-16,21-22,28,31,34H,17-19H2,1-5H3/t21-,22-,28-/m0/s1. The van der Waals surface area contributed by atoms with Crippen LogP contribution in [0.1, 0.15) is 29.8 Å². The van der Waals surface area contributed by atoms with E-state index in [-0.39, 0.29) is 46.5 Å². The second-order valence-corrected chi connectivity index (χ2v) is 14.4. The third-order valence-corrected chi connectivity index (χ3v) is 10.7. The highest BCUT2D eigenvalue weighted by Gasteiger charge is 2.36. The van der Waals surface area contributed by atoms with Gasteiger partial charge in [-0.15, -0.1) is 0 Å². The van der Waals surface area contributed by atoms with Crippen LogP contribution in [0.3, 0.4) is 0 Å². The maximum atomic E-state index is 13.7. The number of carbonyl (C=O) groups is 1. The Morgan fingerprint density at radius 1 is 1.05 bits per heavy atom. The minimum atomic E-state index is -4.07. The summed E-state index contributed by atoms with van der Waals surface area (Å²) in [7, 11) is -5.09. The molecule has 4 rings (SSSR count). The smallest absolute Gasteiger partial charge is 0.262 e. The third-order valence-electron chi connectivity index (χ3n) is 7.47. The molecule has 0 spiro atoms. The first kappa shape index (κ1) is 32.3. The topological polar surface area (TPSA) is 143 Å². The molecule has 13 heteroatoms. The average Bonchev–Trinajstić information content (AvgIpc) is 2.98. The van der Waals surface area contributed by atoms with Gasteiger partial charge in [0.05, 0.1) is 47.3 Å². The summed E-state index contributed by atoms with van der Waals surface area (Å²) in [6.45, 7) is 5.11. The second kappa shape index (κ2) is 12.9. The highest BCUT2D eigenvalue weighted by molar-refractivity contribution is 7.92. The van der Waals surface area contributed by atoms with Crippen LogP contribution in [0.2, 0.25) is 0 Å². The molecule has 11 nitrogen and oxygen atoms in total. The fourth-order valence-electron chi connectivity index (χ4n) is 4.74. The number of sulfonamides is 2. The summed E-state index contributed by atoms with van der Waals surface area (Å²) in [5.74, 6) is -0.373. The van der Waals surface area contributed by atoms with E-state index in [1.807, 2.05) is 13.8 Å². The molecular formula is C30H37N3O8S2. The number of aryl methyl sites for hydroxylation is 1. The molecule has 0 bridgehead atoms. The lowest BCUT2D eigenvalue weighted by atomic mass is 9.99. The number of rotatable bonds is 10. The number of fused-ring (bicyclic) bond motifs is 1. The lowest BCUT2D eigenvalue weighted by Crippen LogP contribution is -2.50. The summed E-state index contributed by atoms with van der Waals surface area (Å²) in [4.78, 5) is 15.3. The van der Waals surface area contributed by atoms with Gasteiger partial charge in [0.1, 0.15) is 11.9 Å². The van der Waals surface area contributed by atoms with Crippen LogP contribution in [0.15, 0.2) is 76.5 Å². The zero-order valence-electron chi connectivity index (χ0n) is 24.7. The van der Waals surface area contributed by atoms with Gasteiger partial charge in [-0.1, -0.05) is 30.7 Å². The van der Waals surface area contributed by atoms with Crippen molar-refractivity contribution in [1.82, 2.24) is 9.21 Å². The number of anilines is 1. The van der Waals surface area contributed by atoms with E-state index in [0.717, 1.165) is 9.87 Å². The molecule has 1 heterocycles. The Balaban J connectivity index is 1.74. The predicted octanol–water partition coefficient (Wildman–Crippen LogP) is 3.35. The fourth-order valence-corrected chi connectivity index (χ4v) is 6.99.